The summed E-state index contributed by atoms with van der Waals surface area (Å²) in [5.41, 5.74) is 6.30. The first-order chi connectivity index (χ1) is 20.3. The summed E-state index contributed by atoms with van der Waals surface area (Å²) in [4.78, 5) is 13.4. The van der Waals surface area contributed by atoms with Crippen LogP contribution in [-0.4, -0.2) is 28.0 Å². The maximum absolute atomic E-state index is 4.66. The number of nitrogens with one attached hydrogen (secondary N) is 2. The van der Waals surface area contributed by atoms with Crippen LogP contribution in [0.4, 0.5) is 11.6 Å². The zero-order valence-electron chi connectivity index (χ0n) is 29.1. The van der Waals surface area contributed by atoms with E-state index in [9.17, 15) is 0 Å². The van der Waals surface area contributed by atoms with Gasteiger partial charge in [-0.1, -0.05) is 124 Å². The predicted octanol–water partition coefficient (Wildman–Crippen LogP) is 12.7. The predicted molar refractivity (Wildman–Crippen MR) is 207 cm³/mol. The minimum atomic E-state index is 0. The van der Waals surface area contributed by atoms with Crippen molar-refractivity contribution in [3.8, 4) is 0 Å². The van der Waals surface area contributed by atoms with Crippen LogP contribution in [-0.2, 0) is 12.8 Å². The molecule has 260 valence electrons. The van der Waals surface area contributed by atoms with E-state index in [1.807, 2.05) is 65.9 Å². The summed E-state index contributed by atoms with van der Waals surface area (Å²) in [6, 6.07) is 14.8. The molecular formula is C40H75N5. The van der Waals surface area contributed by atoms with Crippen LogP contribution in [0, 0.1) is 0 Å². The molecular weight excluding hydrogens is 550 g/mol. The fraction of sp³-hybridized carbons (Fsp3) is 0.625. The Kier molecular flexibility index (Phi) is 32.3. The number of rotatable bonds is 3. The van der Waals surface area contributed by atoms with Crippen molar-refractivity contribution in [2.75, 3.05) is 23.7 Å². The summed E-state index contributed by atoms with van der Waals surface area (Å²) < 4.78 is 0. The van der Waals surface area contributed by atoms with Gasteiger partial charge in [-0.2, -0.15) is 0 Å². The Morgan fingerprint density at radius 2 is 0.933 bits per heavy atom. The summed E-state index contributed by atoms with van der Waals surface area (Å²) >= 11 is 0. The molecule has 0 aliphatic carbocycles. The molecule has 0 saturated heterocycles. The monoisotopic (exact) mass is 626 g/mol. The van der Waals surface area contributed by atoms with Gasteiger partial charge in [-0.15, -0.1) is 0 Å². The second-order valence-corrected chi connectivity index (χ2v) is 10.6. The van der Waals surface area contributed by atoms with Crippen LogP contribution in [0.5, 0.6) is 0 Å². The SMILES string of the molecule is C.C.C.CC.CC.CC.CC(C)c1ccc2c(n1)NCCC2.CC(C)c1ccc2c(n1)NCCCC2.CC(C)c1ccccn1. The van der Waals surface area contributed by atoms with Crippen LogP contribution in [0.2, 0.25) is 0 Å². The molecule has 5 heteroatoms. The van der Waals surface area contributed by atoms with Crippen LogP contribution in [0.15, 0.2) is 48.7 Å². The highest BCUT2D eigenvalue weighted by molar-refractivity contribution is 5.47. The second-order valence-electron chi connectivity index (χ2n) is 10.6. The van der Waals surface area contributed by atoms with E-state index in [1.165, 1.54) is 54.6 Å². The second kappa shape index (κ2) is 29.7. The lowest BCUT2D eigenvalue weighted by Crippen LogP contribution is -2.14. The molecule has 0 fully saturated rings. The van der Waals surface area contributed by atoms with Crippen molar-refractivity contribution in [2.45, 2.75) is 155 Å². The highest BCUT2D eigenvalue weighted by Gasteiger charge is 2.12. The summed E-state index contributed by atoms with van der Waals surface area (Å²) in [7, 11) is 0. The van der Waals surface area contributed by atoms with Crippen LogP contribution < -0.4 is 10.6 Å². The van der Waals surface area contributed by atoms with Crippen molar-refractivity contribution >= 4 is 11.6 Å². The number of aryl methyl sites for hydroxylation is 2. The molecule has 0 bridgehead atoms. The zero-order valence-corrected chi connectivity index (χ0v) is 29.1. The zero-order chi connectivity index (χ0) is 31.9. The molecule has 0 amide bonds. The molecule has 0 spiro atoms. The molecule has 5 rings (SSSR count). The van der Waals surface area contributed by atoms with Crippen LogP contribution in [0.25, 0.3) is 0 Å². The maximum Gasteiger partial charge on any atom is 0.129 e. The number of anilines is 2. The molecule has 3 aromatic heterocycles. The Hall–Kier alpha value is -2.95. The van der Waals surface area contributed by atoms with Gasteiger partial charge in [0.1, 0.15) is 11.6 Å². The Morgan fingerprint density at radius 3 is 1.31 bits per heavy atom. The summed E-state index contributed by atoms with van der Waals surface area (Å²) in [6.45, 7) is 27.2. The Balaban J connectivity index is -0.000000254. The third kappa shape index (κ3) is 18.6. The van der Waals surface area contributed by atoms with Gasteiger partial charge in [-0.05, 0) is 85.3 Å². The van der Waals surface area contributed by atoms with Gasteiger partial charge in [0.05, 0.1) is 0 Å². The van der Waals surface area contributed by atoms with E-state index in [0.717, 1.165) is 30.4 Å². The molecule has 5 heterocycles. The van der Waals surface area contributed by atoms with E-state index >= 15 is 0 Å². The molecule has 2 N–H and O–H groups in total. The third-order valence-electron chi connectivity index (χ3n) is 6.54. The fourth-order valence-electron chi connectivity index (χ4n) is 4.21. The van der Waals surface area contributed by atoms with Gasteiger partial charge in [-0.3, -0.25) is 4.98 Å². The van der Waals surface area contributed by atoms with Crippen LogP contribution >= 0.6 is 0 Å². The molecule has 2 aliphatic rings. The fourth-order valence-corrected chi connectivity index (χ4v) is 4.21. The average Bonchev–Trinajstić information content (AvgIpc) is 3.30. The number of pyridine rings is 3. The van der Waals surface area contributed by atoms with Gasteiger partial charge >= 0.3 is 0 Å². The van der Waals surface area contributed by atoms with Gasteiger partial charge < -0.3 is 10.6 Å². The van der Waals surface area contributed by atoms with E-state index in [4.69, 9.17) is 0 Å². The first-order valence-corrected chi connectivity index (χ1v) is 16.7. The third-order valence-corrected chi connectivity index (χ3v) is 6.54. The normalized spacial score (nSPS) is 11.8. The lowest BCUT2D eigenvalue weighted by molar-refractivity contribution is 0.783. The van der Waals surface area contributed by atoms with Gasteiger partial charge in [0.25, 0.3) is 0 Å². The number of nitrogens with zero attached hydrogens (tertiary/aromatic N) is 3. The smallest absolute Gasteiger partial charge is 0.129 e. The highest BCUT2D eigenvalue weighted by Crippen LogP contribution is 2.23. The minimum Gasteiger partial charge on any atom is -0.370 e. The first-order valence-electron chi connectivity index (χ1n) is 16.7. The maximum atomic E-state index is 4.66. The molecule has 0 saturated carbocycles. The standard InChI is InChI=1S/C12H18N2.C11H16N2.C8H11N.3C2H6.3CH4/c1-9(2)11-7-6-10-5-3-4-8-13-12(10)14-11;1-8(2)10-6-5-9-4-3-7-12-11(9)13-10;1-7(2)8-5-3-4-6-9-8;3*1-2;;;/h6-7,9H,3-5,8H2,1-2H3,(H,13,14);5-6,8H,3-4,7H2,1-2H3,(H,12,13);3-7H,1-2H3;3*1-2H3;3*1H4. The van der Waals surface area contributed by atoms with Crippen molar-refractivity contribution in [3.05, 3.63) is 76.9 Å². The van der Waals surface area contributed by atoms with Crippen LogP contribution in [0.3, 0.4) is 0 Å². The van der Waals surface area contributed by atoms with Crippen molar-refractivity contribution in [1.29, 1.82) is 0 Å². The molecule has 45 heavy (non-hydrogen) atoms. The topological polar surface area (TPSA) is 62.7 Å². The van der Waals surface area contributed by atoms with E-state index in [1.54, 1.807) is 0 Å². The Labute approximate surface area is 281 Å². The first kappa shape index (κ1) is 48.9. The number of hydrogen-bond donors (Lipinski definition) is 2. The molecule has 0 aromatic carbocycles. The lowest BCUT2D eigenvalue weighted by atomic mass is 10.0. The van der Waals surface area contributed by atoms with Gasteiger partial charge in [-0.25, -0.2) is 9.97 Å². The summed E-state index contributed by atoms with van der Waals surface area (Å²) in [6.07, 6.45) is 7.95. The van der Waals surface area contributed by atoms with Gasteiger partial charge in [0, 0.05) is 36.4 Å². The van der Waals surface area contributed by atoms with Crippen molar-refractivity contribution in [2.24, 2.45) is 0 Å². The van der Waals surface area contributed by atoms with Crippen molar-refractivity contribution in [3.63, 3.8) is 0 Å². The average molecular weight is 626 g/mol. The summed E-state index contributed by atoms with van der Waals surface area (Å²) in [5, 5.41) is 6.76. The molecule has 0 unspecified atom stereocenters. The molecule has 3 aromatic rings. The molecule has 2 aliphatic heterocycles. The highest BCUT2D eigenvalue weighted by atomic mass is 15.0. The molecule has 0 atom stereocenters. The van der Waals surface area contributed by atoms with Gasteiger partial charge in [0.15, 0.2) is 0 Å². The number of fused-ring (bicyclic) bond motifs is 2. The number of aromatic nitrogens is 3. The number of hydrogen-bond acceptors (Lipinski definition) is 5. The Morgan fingerprint density at radius 1 is 0.511 bits per heavy atom. The lowest BCUT2D eigenvalue weighted by Gasteiger charge is -2.18. The molecule has 0 radical (unpaired) electrons. The minimum absolute atomic E-state index is 0. The largest absolute Gasteiger partial charge is 0.370 e. The van der Waals surface area contributed by atoms with E-state index < -0.39 is 0 Å². The van der Waals surface area contributed by atoms with E-state index in [0.29, 0.717) is 17.8 Å². The van der Waals surface area contributed by atoms with Gasteiger partial charge in [0.2, 0.25) is 0 Å². The van der Waals surface area contributed by atoms with Crippen LogP contribution in [0.1, 0.15) is 171 Å². The summed E-state index contributed by atoms with van der Waals surface area (Å²) in [5.74, 6) is 3.82. The van der Waals surface area contributed by atoms with E-state index in [2.05, 4.69) is 91.4 Å². The molecule has 5 nitrogen and oxygen atoms in total. The van der Waals surface area contributed by atoms with Crippen molar-refractivity contribution < 1.29 is 0 Å². The quantitative estimate of drug-likeness (QED) is 0.303. The van der Waals surface area contributed by atoms with E-state index in [-0.39, 0.29) is 22.3 Å². The van der Waals surface area contributed by atoms with Crippen molar-refractivity contribution in [1.82, 2.24) is 15.0 Å². The Bertz CT molecular complexity index is 1060.